The monoisotopic (exact) mass is 206 g/mol. The molecule has 0 fully saturated rings. The molecule has 70 valence electrons. The summed E-state index contributed by atoms with van der Waals surface area (Å²) in [5.74, 6) is 0.489. The topological polar surface area (TPSA) is 42.0 Å². The Morgan fingerprint density at radius 1 is 1.29 bits per heavy atom. The first-order valence-electron chi connectivity index (χ1n) is 4.07. The van der Waals surface area contributed by atoms with Crippen LogP contribution in [0.5, 0.6) is 0 Å². The number of rotatable bonds is 1. The molecule has 1 N–H and O–H groups in total. The van der Waals surface area contributed by atoms with Crippen molar-refractivity contribution >= 4 is 33.6 Å². The van der Waals surface area contributed by atoms with Gasteiger partial charge in [-0.2, -0.15) is 0 Å². The van der Waals surface area contributed by atoms with E-state index in [1.807, 2.05) is 30.3 Å². The van der Waals surface area contributed by atoms with Gasteiger partial charge < -0.3 is 0 Å². The summed E-state index contributed by atoms with van der Waals surface area (Å²) in [6.45, 7) is 0. The summed E-state index contributed by atoms with van der Waals surface area (Å²) in [6.07, 6.45) is 1.63. The van der Waals surface area contributed by atoms with E-state index in [2.05, 4.69) is 10.3 Å². The minimum atomic E-state index is -0.631. The molecule has 0 bridgehead atoms. The molecule has 2 aromatic rings. The van der Waals surface area contributed by atoms with Gasteiger partial charge in [0.05, 0.1) is 0 Å². The largest absolute Gasteiger partial charge is 0.319 e. The minimum absolute atomic E-state index is 0.489. The van der Waals surface area contributed by atoms with Crippen molar-refractivity contribution in [1.82, 2.24) is 4.98 Å². The van der Waals surface area contributed by atoms with Crippen LogP contribution in [0.25, 0.3) is 10.8 Å². The van der Waals surface area contributed by atoms with Crippen LogP contribution in [0.15, 0.2) is 36.5 Å². The van der Waals surface area contributed by atoms with Crippen LogP contribution in [0.3, 0.4) is 0 Å². The number of carbonyl (C=O) groups excluding carboxylic acids is 1. The maximum atomic E-state index is 10.7. The molecule has 3 nitrogen and oxygen atoms in total. The van der Waals surface area contributed by atoms with E-state index in [9.17, 15) is 4.79 Å². The highest BCUT2D eigenvalue weighted by Crippen LogP contribution is 2.20. The first kappa shape index (κ1) is 8.97. The standard InChI is InChI=1S/C10H7ClN2O/c11-10(14)13-9-8-4-2-1-3-7(8)5-6-12-9/h1-6H,(H,12,13,14). The van der Waals surface area contributed by atoms with Gasteiger partial charge in [-0.15, -0.1) is 0 Å². The molecule has 0 saturated carbocycles. The lowest BCUT2D eigenvalue weighted by Gasteiger charge is -2.03. The van der Waals surface area contributed by atoms with Crippen LogP contribution in [0.2, 0.25) is 0 Å². The molecule has 0 saturated heterocycles. The Morgan fingerprint density at radius 2 is 2.07 bits per heavy atom. The SMILES string of the molecule is O=C(Cl)Nc1nccc2ccccc12. The molecule has 0 aliphatic heterocycles. The molecule has 0 aliphatic carbocycles. The zero-order valence-electron chi connectivity index (χ0n) is 7.20. The van der Waals surface area contributed by atoms with Gasteiger partial charge >= 0.3 is 5.37 Å². The minimum Gasteiger partial charge on any atom is -0.296 e. The lowest BCUT2D eigenvalue weighted by atomic mass is 10.2. The number of pyridine rings is 1. The maximum Gasteiger partial charge on any atom is 0.319 e. The van der Waals surface area contributed by atoms with Crippen molar-refractivity contribution < 1.29 is 4.79 Å². The molecule has 0 aliphatic rings. The van der Waals surface area contributed by atoms with Crippen molar-refractivity contribution in [3.8, 4) is 0 Å². The molecule has 4 heteroatoms. The van der Waals surface area contributed by atoms with Gasteiger partial charge in [-0.25, -0.2) is 4.98 Å². The molecular weight excluding hydrogens is 200 g/mol. The summed E-state index contributed by atoms with van der Waals surface area (Å²) in [5.41, 5.74) is 0. The molecular formula is C10H7ClN2O. The van der Waals surface area contributed by atoms with Crippen molar-refractivity contribution in [2.24, 2.45) is 0 Å². The van der Waals surface area contributed by atoms with E-state index < -0.39 is 5.37 Å². The Kier molecular flexibility index (Phi) is 2.33. The third kappa shape index (κ3) is 1.67. The number of halogens is 1. The summed E-state index contributed by atoms with van der Waals surface area (Å²) < 4.78 is 0. The molecule has 1 aromatic heterocycles. The van der Waals surface area contributed by atoms with Crippen molar-refractivity contribution in [2.75, 3.05) is 5.32 Å². The van der Waals surface area contributed by atoms with Crippen LogP contribution in [0.1, 0.15) is 0 Å². The number of benzene rings is 1. The van der Waals surface area contributed by atoms with Crippen LogP contribution in [0, 0.1) is 0 Å². The number of carbonyl (C=O) groups is 1. The van der Waals surface area contributed by atoms with Gasteiger partial charge in [0.15, 0.2) is 0 Å². The Bertz CT molecular complexity index is 479. The normalized spacial score (nSPS) is 10.1. The van der Waals surface area contributed by atoms with Crippen molar-refractivity contribution in [3.05, 3.63) is 36.5 Å². The van der Waals surface area contributed by atoms with Crippen LogP contribution in [-0.2, 0) is 0 Å². The van der Waals surface area contributed by atoms with E-state index in [0.717, 1.165) is 10.8 Å². The average molecular weight is 207 g/mol. The Morgan fingerprint density at radius 3 is 2.86 bits per heavy atom. The molecule has 2 rings (SSSR count). The molecule has 0 radical (unpaired) electrons. The number of fused-ring (bicyclic) bond motifs is 1. The maximum absolute atomic E-state index is 10.7. The zero-order valence-corrected chi connectivity index (χ0v) is 7.95. The smallest absolute Gasteiger partial charge is 0.296 e. The Balaban J connectivity index is 2.59. The highest BCUT2D eigenvalue weighted by Gasteiger charge is 2.03. The van der Waals surface area contributed by atoms with Gasteiger partial charge in [0.25, 0.3) is 0 Å². The summed E-state index contributed by atoms with van der Waals surface area (Å²) in [4.78, 5) is 14.7. The van der Waals surface area contributed by atoms with Crippen molar-refractivity contribution in [3.63, 3.8) is 0 Å². The lowest BCUT2D eigenvalue weighted by Crippen LogP contribution is -2.03. The van der Waals surface area contributed by atoms with E-state index in [4.69, 9.17) is 11.6 Å². The summed E-state index contributed by atoms with van der Waals surface area (Å²) >= 11 is 5.22. The average Bonchev–Trinajstić information content (AvgIpc) is 2.18. The van der Waals surface area contributed by atoms with Gasteiger partial charge in [0, 0.05) is 11.6 Å². The number of aromatic nitrogens is 1. The molecule has 1 amide bonds. The molecule has 14 heavy (non-hydrogen) atoms. The number of nitrogens with zero attached hydrogens (tertiary/aromatic N) is 1. The number of nitrogens with one attached hydrogen (secondary N) is 1. The Labute approximate surface area is 85.7 Å². The van der Waals surface area contributed by atoms with E-state index in [-0.39, 0.29) is 0 Å². The van der Waals surface area contributed by atoms with Crippen LogP contribution in [0.4, 0.5) is 10.6 Å². The summed E-state index contributed by atoms with van der Waals surface area (Å²) in [6, 6.07) is 9.51. The lowest BCUT2D eigenvalue weighted by molar-refractivity contribution is 0.269. The quantitative estimate of drug-likeness (QED) is 0.576. The molecule has 0 spiro atoms. The zero-order chi connectivity index (χ0) is 9.97. The number of amides is 1. The van der Waals surface area contributed by atoms with Gasteiger partial charge in [-0.3, -0.25) is 10.1 Å². The predicted octanol–water partition coefficient (Wildman–Crippen LogP) is 3.01. The molecule has 1 aromatic carbocycles. The van der Waals surface area contributed by atoms with Crippen molar-refractivity contribution in [1.29, 1.82) is 0 Å². The van der Waals surface area contributed by atoms with Gasteiger partial charge in [-0.05, 0) is 23.1 Å². The van der Waals surface area contributed by atoms with Crippen molar-refractivity contribution in [2.45, 2.75) is 0 Å². The van der Waals surface area contributed by atoms with Gasteiger partial charge in [-0.1, -0.05) is 24.3 Å². The molecule has 1 heterocycles. The van der Waals surface area contributed by atoms with E-state index in [1.165, 1.54) is 0 Å². The highest BCUT2D eigenvalue weighted by molar-refractivity contribution is 6.65. The number of hydrogen-bond acceptors (Lipinski definition) is 2. The van der Waals surface area contributed by atoms with Crippen LogP contribution in [-0.4, -0.2) is 10.4 Å². The first-order chi connectivity index (χ1) is 6.77. The summed E-state index contributed by atoms with van der Waals surface area (Å²) in [7, 11) is 0. The fourth-order valence-corrected chi connectivity index (χ4v) is 1.40. The van der Waals surface area contributed by atoms with E-state index in [1.54, 1.807) is 6.20 Å². The van der Waals surface area contributed by atoms with E-state index >= 15 is 0 Å². The van der Waals surface area contributed by atoms with E-state index in [0.29, 0.717) is 5.82 Å². The fourth-order valence-electron chi connectivity index (χ4n) is 1.31. The fraction of sp³-hybridized carbons (Fsp3) is 0. The molecule has 0 unspecified atom stereocenters. The first-order valence-corrected chi connectivity index (χ1v) is 4.45. The third-order valence-electron chi connectivity index (χ3n) is 1.89. The van der Waals surface area contributed by atoms with Crippen LogP contribution < -0.4 is 5.32 Å². The highest BCUT2D eigenvalue weighted by atomic mass is 35.5. The van der Waals surface area contributed by atoms with Gasteiger partial charge in [0.2, 0.25) is 0 Å². The Hall–Kier alpha value is -1.61. The second kappa shape index (κ2) is 3.64. The predicted molar refractivity (Wildman–Crippen MR) is 56.6 cm³/mol. The number of hydrogen-bond donors (Lipinski definition) is 1. The number of anilines is 1. The van der Waals surface area contributed by atoms with Crippen LogP contribution >= 0.6 is 11.6 Å². The van der Waals surface area contributed by atoms with Gasteiger partial charge in [0.1, 0.15) is 5.82 Å². The summed E-state index contributed by atoms with van der Waals surface area (Å²) in [5, 5.41) is 3.73. The molecule has 0 atom stereocenters. The third-order valence-corrected chi connectivity index (χ3v) is 1.98. The second-order valence-corrected chi connectivity index (χ2v) is 3.12. The second-order valence-electron chi connectivity index (χ2n) is 2.78.